The van der Waals surface area contributed by atoms with Crippen molar-refractivity contribution in [1.82, 2.24) is 0 Å². The van der Waals surface area contributed by atoms with Crippen molar-refractivity contribution in [2.75, 3.05) is 13.7 Å². The molecule has 1 saturated heterocycles. The van der Waals surface area contributed by atoms with Crippen LogP contribution >= 0.6 is 11.6 Å². The normalized spacial score (nSPS) is 28.7. The van der Waals surface area contributed by atoms with Gasteiger partial charge >= 0.3 is 0 Å². The van der Waals surface area contributed by atoms with Crippen molar-refractivity contribution in [3.05, 3.63) is 107 Å². The van der Waals surface area contributed by atoms with Crippen LogP contribution in [0.2, 0.25) is 5.02 Å². The zero-order valence-electron chi connectivity index (χ0n) is 19.6. The molecule has 0 saturated carbocycles. The Morgan fingerprint density at radius 3 is 1.89 bits per heavy atom. The van der Waals surface area contributed by atoms with Crippen molar-refractivity contribution in [2.24, 2.45) is 0 Å². The molecule has 0 spiro atoms. The molecule has 0 aromatic heterocycles. The second kappa shape index (κ2) is 11.2. The maximum absolute atomic E-state index is 12.2. The molecule has 3 N–H and O–H groups in total. The zero-order chi connectivity index (χ0) is 24.9. The number of hydrogen-bond acceptors (Lipinski definition) is 6. The quantitative estimate of drug-likeness (QED) is 0.418. The molecule has 186 valence electrons. The Morgan fingerprint density at radius 1 is 0.800 bits per heavy atom. The Balaban J connectivity index is 1.66. The van der Waals surface area contributed by atoms with Gasteiger partial charge in [-0.1, -0.05) is 84.4 Å². The van der Waals surface area contributed by atoms with Crippen molar-refractivity contribution in [2.45, 2.75) is 49.1 Å². The Kier molecular flexibility index (Phi) is 8.24. The molecule has 3 aromatic carbocycles. The predicted octanol–water partition coefficient (Wildman–Crippen LogP) is 3.54. The summed E-state index contributed by atoms with van der Waals surface area (Å²) in [5, 5.41) is 36.1. The van der Waals surface area contributed by atoms with Gasteiger partial charge in [-0.3, -0.25) is 0 Å². The first-order valence-corrected chi connectivity index (χ1v) is 11.9. The lowest BCUT2D eigenvalue weighted by Crippen LogP contribution is -2.76. The highest BCUT2D eigenvalue weighted by atomic mass is 35.5. The van der Waals surface area contributed by atoms with Crippen LogP contribution in [-0.2, 0) is 33.7 Å². The molecule has 1 fully saturated rings. The number of benzene rings is 3. The van der Waals surface area contributed by atoms with Gasteiger partial charge in [0.1, 0.15) is 23.4 Å². The lowest BCUT2D eigenvalue weighted by atomic mass is 9.67. The van der Waals surface area contributed by atoms with E-state index in [9.17, 15) is 15.3 Å². The second-order valence-electron chi connectivity index (χ2n) is 8.99. The van der Waals surface area contributed by atoms with E-state index in [-0.39, 0.29) is 26.1 Å². The second-order valence-corrected chi connectivity index (χ2v) is 9.42. The van der Waals surface area contributed by atoms with Crippen molar-refractivity contribution in [3.63, 3.8) is 0 Å². The predicted molar refractivity (Wildman–Crippen MR) is 133 cm³/mol. The largest absolute Gasteiger partial charge is 0.385 e. The molecular formula is C28H31ClO6. The maximum Gasteiger partial charge on any atom is 0.186 e. The summed E-state index contributed by atoms with van der Waals surface area (Å²) >= 11 is 5.97. The van der Waals surface area contributed by atoms with Crippen LogP contribution in [0.1, 0.15) is 16.7 Å². The molecule has 7 heteroatoms. The van der Waals surface area contributed by atoms with Gasteiger partial charge in [0.05, 0.1) is 13.2 Å². The average molecular weight is 499 g/mol. The standard InChI is InChI=1S/C28H31ClO6/c1-33-26-25(30)28(32,17-21-10-6-3-7-11-21)27(31,16-20-8-4-2-5-9-20)24(35-26)19-34-18-22-12-14-23(29)15-13-22/h2-15,24-26,30-32H,16-19H2,1H3/t24-,25+,26-,27-,28-/m1/s1. The summed E-state index contributed by atoms with van der Waals surface area (Å²) in [6.07, 6.45) is -3.61. The number of hydrogen-bond donors (Lipinski definition) is 3. The highest BCUT2D eigenvalue weighted by Gasteiger charge is 2.64. The van der Waals surface area contributed by atoms with Gasteiger partial charge in [-0.2, -0.15) is 0 Å². The van der Waals surface area contributed by atoms with Crippen molar-refractivity contribution < 1.29 is 29.5 Å². The number of methoxy groups -OCH3 is 1. The first-order valence-electron chi connectivity index (χ1n) is 11.6. The van der Waals surface area contributed by atoms with Gasteiger partial charge in [0.25, 0.3) is 0 Å². The van der Waals surface area contributed by atoms with Gasteiger partial charge in [-0.15, -0.1) is 0 Å². The molecule has 0 radical (unpaired) electrons. The van der Waals surface area contributed by atoms with Gasteiger partial charge in [0.2, 0.25) is 0 Å². The van der Waals surface area contributed by atoms with Crippen LogP contribution in [0.3, 0.4) is 0 Å². The van der Waals surface area contributed by atoms with Crippen LogP contribution in [0, 0.1) is 0 Å². The first kappa shape index (κ1) is 25.8. The number of aliphatic hydroxyl groups is 3. The molecule has 6 nitrogen and oxygen atoms in total. The number of aliphatic hydroxyl groups excluding tert-OH is 1. The van der Waals surface area contributed by atoms with E-state index in [0.717, 1.165) is 16.7 Å². The minimum Gasteiger partial charge on any atom is -0.385 e. The highest BCUT2D eigenvalue weighted by molar-refractivity contribution is 6.30. The monoisotopic (exact) mass is 498 g/mol. The molecule has 35 heavy (non-hydrogen) atoms. The Hall–Kier alpha value is -2.29. The molecule has 1 aliphatic heterocycles. The van der Waals surface area contributed by atoms with Crippen LogP contribution in [0.15, 0.2) is 84.9 Å². The summed E-state index contributed by atoms with van der Waals surface area (Å²) in [6, 6.07) is 25.8. The molecule has 0 bridgehead atoms. The fourth-order valence-corrected chi connectivity index (χ4v) is 4.80. The smallest absolute Gasteiger partial charge is 0.186 e. The number of ether oxygens (including phenoxy) is 3. The first-order chi connectivity index (χ1) is 16.9. The SMILES string of the molecule is CO[C@@H]1O[C@H](COCc2ccc(Cl)cc2)[C@](O)(Cc2ccccc2)[C@@](O)(Cc2ccccc2)[C@H]1O. The molecule has 0 unspecified atom stereocenters. The fourth-order valence-electron chi connectivity index (χ4n) is 4.67. The van der Waals surface area contributed by atoms with Gasteiger partial charge in [0.15, 0.2) is 6.29 Å². The van der Waals surface area contributed by atoms with E-state index < -0.39 is 29.7 Å². The van der Waals surface area contributed by atoms with E-state index in [2.05, 4.69) is 0 Å². The summed E-state index contributed by atoms with van der Waals surface area (Å²) in [6.45, 7) is 0.228. The van der Waals surface area contributed by atoms with Crippen LogP contribution in [0.4, 0.5) is 0 Å². The highest BCUT2D eigenvalue weighted by Crippen LogP contribution is 2.43. The lowest BCUT2D eigenvalue weighted by molar-refractivity contribution is -0.363. The van der Waals surface area contributed by atoms with E-state index in [4.69, 9.17) is 25.8 Å². The summed E-state index contributed by atoms with van der Waals surface area (Å²) in [4.78, 5) is 0. The van der Waals surface area contributed by atoms with Gasteiger partial charge in [-0.05, 0) is 28.8 Å². The van der Waals surface area contributed by atoms with Gasteiger partial charge in [0, 0.05) is 25.0 Å². The van der Waals surface area contributed by atoms with E-state index in [1.807, 2.05) is 72.8 Å². The van der Waals surface area contributed by atoms with Crippen molar-refractivity contribution in [1.29, 1.82) is 0 Å². The van der Waals surface area contributed by atoms with Crippen molar-refractivity contribution >= 4 is 11.6 Å². The maximum atomic E-state index is 12.2. The third-order valence-corrected chi connectivity index (χ3v) is 6.90. The van der Waals surface area contributed by atoms with E-state index in [1.54, 1.807) is 12.1 Å². The minimum absolute atomic E-state index is 0.00472. The van der Waals surface area contributed by atoms with Crippen LogP contribution in [-0.4, -0.2) is 58.7 Å². The molecule has 0 aliphatic carbocycles. The van der Waals surface area contributed by atoms with E-state index in [1.165, 1.54) is 7.11 Å². The Labute approximate surface area is 210 Å². The third kappa shape index (κ3) is 5.60. The lowest BCUT2D eigenvalue weighted by Gasteiger charge is -2.55. The van der Waals surface area contributed by atoms with Gasteiger partial charge in [-0.25, -0.2) is 0 Å². The summed E-state index contributed by atoms with van der Waals surface area (Å²) in [5.41, 5.74) is -1.43. The molecular weight excluding hydrogens is 468 g/mol. The molecule has 0 amide bonds. The third-order valence-electron chi connectivity index (χ3n) is 6.64. The molecule has 3 aromatic rings. The Bertz CT molecular complexity index is 1060. The minimum atomic E-state index is -1.99. The van der Waals surface area contributed by atoms with Crippen molar-refractivity contribution in [3.8, 4) is 0 Å². The zero-order valence-corrected chi connectivity index (χ0v) is 20.3. The fraction of sp³-hybridized carbons (Fsp3) is 0.357. The van der Waals surface area contributed by atoms with Crippen LogP contribution < -0.4 is 0 Å². The summed E-state index contributed by atoms with van der Waals surface area (Å²) in [7, 11) is 1.39. The van der Waals surface area contributed by atoms with E-state index in [0.29, 0.717) is 5.02 Å². The molecule has 5 atom stereocenters. The molecule has 1 heterocycles. The summed E-state index contributed by atoms with van der Waals surface area (Å²) < 4.78 is 17.3. The van der Waals surface area contributed by atoms with Gasteiger partial charge < -0.3 is 29.5 Å². The average Bonchev–Trinajstić information content (AvgIpc) is 2.87. The topological polar surface area (TPSA) is 88.4 Å². The number of halogens is 1. The molecule has 4 rings (SSSR count). The Morgan fingerprint density at radius 2 is 1.34 bits per heavy atom. The van der Waals surface area contributed by atoms with E-state index >= 15 is 0 Å². The number of rotatable bonds is 9. The van der Waals surface area contributed by atoms with Crippen LogP contribution in [0.25, 0.3) is 0 Å². The molecule has 1 aliphatic rings. The summed E-state index contributed by atoms with van der Waals surface area (Å²) in [5.74, 6) is 0. The van der Waals surface area contributed by atoms with Crippen LogP contribution in [0.5, 0.6) is 0 Å².